The van der Waals surface area contributed by atoms with Crippen molar-refractivity contribution in [3.05, 3.63) is 0 Å². The van der Waals surface area contributed by atoms with E-state index in [1.165, 1.54) is 0 Å². The molecule has 0 aromatic heterocycles. The van der Waals surface area contributed by atoms with E-state index in [1.807, 2.05) is 0 Å². The molecule has 0 radical (unpaired) electrons. The molecule has 7 heavy (non-hydrogen) atoms. The van der Waals surface area contributed by atoms with Crippen molar-refractivity contribution >= 4 is 11.9 Å². The summed E-state index contributed by atoms with van der Waals surface area (Å²) in [7, 11) is 0. The molecule has 0 spiro atoms. The third-order valence-electron chi connectivity index (χ3n) is 0.649. The molecule has 0 aliphatic heterocycles. The Morgan fingerprint density at radius 2 is 2.14 bits per heavy atom. The zero-order valence-corrected chi connectivity index (χ0v) is 4.90. The van der Waals surface area contributed by atoms with Gasteiger partial charge in [0.25, 0.3) is 0 Å². The molecule has 3 nitrogen and oxygen atoms in total. The van der Waals surface area contributed by atoms with Crippen LogP contribution >= 0.6 is 11.9 Å². The van der Waals surface area contributed by atoms with E-state index in [1.54, 1.807) is 6.92 Å². The lowest BCUT2D eigenvalue weighted by Gasteiger charge is -2.13. The van der Waals surface area contributed by atoms with Crippen molar-refractivity contribution in [2.24, 2.45) is 5.14 Å². The van der Waals surface area contributed by atoms with Gasteiger partial charge in [0.1, 0.15) is 0 Å². The van der Waals surface area contributed by atoms with Crippen molar-refractivity contribution in [2.45, 2.75) is 18.5 Å². The maximum absolute atomic E-state index is 8.53. The van der Waals surface area contributed by atoms with Gasteiger partial charge >= 0.3 is 0 Å². The van der Waals surface area contributed by atoms with Crippen molar-refractivity contribution in [3.63, 3.8) is 0 Å². The number of rotatable bonds is 2. The van der Waals surface area contributed by atoms with Crippen LogP contribution in [0.2, 0.25) is 0 Å². The van der Waals surface area contributed by atoms with Crippen molar-refractivity contribution in [1.29, 1.82) is 0 Å². The van der Waals surface area contributed by atoms with Crippen molar-refractivity contribution < 1.29 is 10.2 Å². The smallest absolute Gasteiger partial charge is 0.226 e. The van der Waals surface area contributed by atoms with E-state index in [0.29, 0.717) is 11.9 Å². The molecule has 0 aliphatic carbocycles. The van der Waals surface area contributed by atoms with Crippen LogP contribution in [0.4, 0.5) is 0 Å². The maximum Gasteiger partial charge on any atom is 0.226 e. The van der Waals surface area contributed by atoms with Crippen LogP contribution in [-0.2, 0) is 0 Å². The van der Waals surface area contributed by atoms with Crippen LogP contribution in [0.1, 0.15) is 13.3 Å². The fourth-order valence-corrected chi connectivity index (χ4v) is 0.250. The second-order valence-electron chi connectivity index (χ2n) is 1.21. The van der Waals surface area contributed by atoms with Gasteiger partial charge in [-0.15, -0.1) is 0 Å². The van der Waals surface area contributed by atoms with Gasteiger partial charge < -0.3 is 10.2 Å². The summed E-state index contributed by atoms with van der Waals surface area (Å²) in [5, 5.41) is 20.2. The average molecular weight is 123 g/mol. The van der Waals surface area contributed by atoms with Crippen LogP contribution in [0.3, 0.4) is 0 Å². The van der Waals surface area contributed by atoms with Gasteiger partial charge in [0.15, 0.2) is 0 Å². The highest BCUT2D eigenvalue weighted by atomic mass is 32.2. The zero-order valence-electron chi connectivity index (χ0n) is 4.09. The molecular formula is C3H9NO2S. The number of hydrogen-bond acceptors (Lipinski definition) is 4. The Hall–Kier alpha value is 0.230. The van der Waals surface area contributed by atoms with Crippen molar-refractivity contribution in [3.8, 4) is 0 Å². The summed E-state index contributed by atoms with van der Waals surface area (Å²) in [4.78, 5) is 0. The van der Waals surface area contributed by atoms with E-state index < -0.39 is 5.12 Å². The quantitative estimate of drug-likeness (QED) is 0.346. The Labute approximate surface area is 46.7 Å². The lowest BCUT2D eigenvalue weighted by atomic mass is 10.5. The molecule has 0 aromatic carbocycles. The standard InChI is InChI=1S/C3H9NO2S/c1-2-3(5,6)7-4/h5-6H,2,4H2,1H3. The minimum Gasteiger partial charge on any atom is -0.356 e. The molecule has 0 saturated carbocycles. The van der Waals surface area contributed by atoms with Crippen molar-refractivity contribution in [2.75, 3.05) is 0 Å². The number of nitrogens with two attached hydrogens (primary N) is 1. The van der Waals surface area contributed by atoms with Gasteiger partial charge in [-0.3, -0.25) is 5.14 Å². The molecule has 4 N–H and O–H groups in total. The van der Waals surface area contributed by atoms with Crippen LogP contribution in [0.25, 0.3) is 0 Å². The topological polar surface area (TPSA) is 66.5 Å². The zero-order chi connectivity index (χ0) is 5.91. The minimum absolute atomic E-state index is 0.244. The second-order valence-corrected chi connectivity index (χ2v) is 2.10. The highest BCUT2D eigenvalue weighted by Gasteiger charge is 2.17. The lowest BCUT2D eigenvalue weighted by molar-refractivity contribution is -0.0775. The molecule has 0 heterocycles. The van der Waals surface area contributed by atoms with E-state index in [4.69, 9.17) is 15.4 Å². The van der Waals surface area contributed by atoms with E-state index >= 15 is 0 Å². The average Bonchev–Trinajstić information content (AvgIpc) is 1.68. The summed E-state index contributed by atoms with van der Waals surface area (Å²) in [6.07, 6.45) is 0.244. The molecular weight excluding hydrogens is 114 g/mol. The van der Waals surface area contributed by atoms with Gasteiger partial charge in [-0.05, 0) is 11.9 Å². The normalized spacial score (nSPS) is 12.0. The highest BCUT2D eigenvalue weighted by molar-refractivity contribution is 7.98. The molecule has 0 saturated heterocycles. The van der Waals surface area contributed by atoms with Crippen LogP contribution in [0.5, 0.6) is 0 Å². The van der Waals surface area contributed by atoms with Crippen LogP contribution < -0.4 is 5.14 Å². The fraction of sp³-hybridized carbons (Fsp3) is 1.00. The Morgan fingerprint density at radius 1 is 1.71 bits per heavy atom. The molecule has 4 heteroatoms. The van der Waals surface area contributed by atoms with Gasteiger partial charge in [0.2, 0.25) is 5.12 Å². The monoisotopic (exact) mass is 123 g/mol. The first-order valence-corrected chi connectivity index (χ1v) is 2.83. The number of aliphatic hydroxyl groups is 2. The summed E-state index contributed by atoms with van der Waals surface area (Å²) in [6.45, 7) is 1.64. The first kappa shape index (κ1) is 7.23. The Balaban J connectivity index is 3.36. The third kappa shape index (κ3) is 2.87. The Kier molecular flexibility index (Phi) is 2.60. The molecule has 0 amide bonds. The summed E-state index contributed by atoms with van der Waals surface area (Å²) in [5.41, 5.74) is 0. The molecule has 0 fully saturated rings. The summed E-state index contributed by atoms with van der Waals surface area (Å²) < 4.78 is 0. The highest BCUT2D eigenvalue weighted by Crippen LogP contribution is 2.14. The first-order chi connectivity index (χ1) is 3.12. The largest absolute Gasteiger partial charge is 0.356 e. The summed E-state index contributed by atoms with van der Waals surface area (Å²) >= 11 is 0.538. The van der Waals surface area contributed by atoms with Gasteiger partial charge in [-0.1, -0.05) is 6.92 Å². The predicted octanol–water partition coefficient (Wildman–Crippen LogP) is -0.358. The molecule has 0 unspecified atom stereocenters. The van der Waals surface area contributed by atoms with E-state index in [2.05, 4.69) is 0 Å². The minimum atomic E-state index is -1.72. The van der Waals surface area contributed by atoms with Crippen molar-refractivity contribution in [1.82, 2.24) is 0 Å². The Morgan fingerprint density at radius 3 is 2.14 bits per heavy atom. The summed E-state index contributed by atoms with van der Waals surface area (Å²) in [5.74, 6) is 0. The molecule has 0 aliphatic rings. The predicted molar refractivity (Wildman–Crippen MR) is 29.2 cm³/mol. The van der Waals surface area contributed by atoms with Gasteiger partial charge in [-0.25, -0.2) is 0 Å². The first-order valence-electron chi connectivity index (χ1n) is 1.95. The summed E-state index contributed by atoms with van der Waals surface area (Å²) in [6, 6.07) is 0. The van der Waals surface area contributed by atoms with E-state index in [-0.39, 0.29) is 6.42 Å². The maximum atomic E-state index is 8.53. The van der Waals surface area contributed by atoms with Gasteiger partial charge in [0.05, 0.1) is 0 Å². The van der Waals surface area contributed by atoms with Gasteiger partial charge in [0, 0.05) is 6.42 Å². The Bertz CT molecular complexity index is 50.9. The van der Waals surface area contributed by atoms with E-state index in [9.17, 15) is 0 Å². The lowest BCUT2D eigenvalue weighted by Crippen LogP contribution is -2.23. The molecule has 0 aromatic rings. The van der Waals surface area contributed by atoms with Crippen LogP contribution in [-0.4, -0.2) is 15.3 Å². The molecule has 0 atom stereocenters. The second kappa shape index (κ2) is 2.52. The fourth-order valence-electron chi connectivity index (χ4n) is 0.0833. The van der Waals surface area contributed by atoms with Crippen LogP contribution in [0.15, 0.2) is 0 Å². The molecule has 0 rings (SSSR count). The molecule has 0 bridgehead atoms. The SMILES string of the molecule is CCC(O)(O)SN. The van der Waals surface area contributed by atoms with E-state index in [0.717, 1.165) is 0 Å². The molecule has 44 valence electrons. The third-order valence-corrected chi connectivity index (χ3v) is 1.32. The van der Waals surface area contributed by atoms with Gasteiger partial charge in [-0.2, -0.15) is 0 Å². The number of hydrogen-bond donors (Lipinski definition) is 3. The van der Waals surface area contributed by atoms with Crippen LogP contribution in [0, 0.1) is 0 Å².